The van der Waals surface area contributed by atoms with Crippen LogP contribution in [-0.4, -0.2) is 12.5 Å². The van der Waals surface area contributed by atoms with Crippen LogP contribution in [0.2, 0.25) is 0 Å². The van der Waals surface area contributed by atoms with Gasteiger partial charge >= 0.3 is 0 Å². The summed E-state index contributed by atoms with van der Waals surface area (Å²) in [5.74, 6) is 0.666. The molecule has 0 aliphatic carbocycles. The third-order valence-electron chi connectivity index (χ3n) is 2.59. The molecule has 2 heteroatoms. The Labute approximate surface area is 98.1 Å². The first-order valence-electron chi connectivity index (χ1n) is 5.91. The molecule has 1 amide bonds. The molecule has 88 valence electrons. The second kappa shape index (κ2) is 6.31. The lowest BCUT2D eigenvalue weighted by Crippen LogP contribution is -2.27. The van der Waals surface area contributed by atoms with E-state index in [2.05, 4.69) is 38.2 Å². The molecular weight excluding hydrogens is 198 g/mol. The van der Waals surface area contributed by atoms with Gasteiger partial charge in [0.25, 0.3) is 0 Å². The average molecular weight is 219 g/mol. The van der Waals surface area contributed by atoms with Crippen LogP contribution in [0.25, 0.3) is 0 Å². The fourth-order valence-electron chi connectivity index (χ4n) is 1.55. The van der Waals surface area contributed by atoms with E-state index in [-0.39, 0.29) is 5.91 Å². The zero-order valence-corrected chi connectivity index (χ0v) is 10.4. The van der Waals surface area contributed by atoms with E-state index in [0.717, 1.165) is 13.0 Å². The van der Waals surface area contributed by atoms with Crippen LogP contribution < -0.4 is 5.32 Å². The highest BCUT2D eigenvalue weighted by molar-refractivity contribution is 5.76. The topological polar surface area (TPSA) is 29.1 Å². The van der Waals surface area contributed by atoms with E-state index < -0.39 is 0 Å². The summed E-state index contributed by atoms with van der Waals surface area (Å²) in [5.41, 5.74) is 2.53. The molecule has 0 saturated heterocycles. The minimum Gasteiger partial charge on any atom is -0.356 e. The fraction of sp³-hybridized carbons (Fsp3) is 0.500. The molecule has 1 aromatic carbocycles. The lowest BCUT2D eigenvalue weighted by Gasteiger charge is -2.08. The number of aryl methyl sites for hydroxylation is 2. The first-order valence-corrected chi connectivity index (χ1v) is 5.91. The van der Waals surface area contributed by atoms with E-state index in [4.69, 9.17) is 0 Å². The molecule has 1 N–H and O–H groups in total. The number of hydrogen-bond donors (Lipinski definition) is 1. The van der Waals surface area contributed by atoms with Crippen LogP contribution >= 0.6 is 0 Å². The zero-order chi connectivity index (χ0) is 12.0. The fourth-order valence-corrected chi connectivity index (χ4v) is 1.55. The largest absolute Gasteiger partial charge is 0.356 e. The van der Waals surface area contributed by atoms with Gasteiger partial charge in [0.1, 0.15) is 0 Å². The van der Waals surface area contributed by atoms with Gasteiger partial charge in [-0.1, -0.05) is 38.1 Å². The summed E-state index contributed by atoms with van der Waals surface area (Å²) in [4.78, 5) is 11.5. The third-order valence-corrected chi connectivity index (χ3v) is 2.59. The van der Waals surface area contributed by atoms with Gasteiger partial charge in [0.2, 0.25) is 5.91 Å². The third kappa shape index (κ3) is 4.47. The molecule has 0 unspecified atom stereocenters. The highest BCUT2D eigenvalue weighted by atomic mass is 16.1. The number of rotatable bonds is 5. The molecule has 0 radical (unpaired) electrons. The van der Waals surface area contributed by atoms with E-state index in [1.54, 1.807) is 0 Å². The average Bonchev–Trinajstić information content (AvgIpc) is 2.25. The normalized spacial score (nSPS) is 10.5. The molecule has 0 fully saturated rings. The van der Waals surface area contributed by atoms with Gasteiger partial charge in [-0.15, -0.1) is 0 Å². The Morgan fingerprint density at radius 2 is 2.00 bits per heavy atom. The summed E-state index contributed by atoms with van der Waals surface area (Å²) >= 11 is 0. The van der Waals surface area contributed by atoms with E-state index in [9.17, 15) is 4.79 Å². The second-order valence-corrected chi connectivity index (χ2v) is 4.62. The number of hydrogen-bond acceptors (Lipinski definition) is 1. The smallest absolute Gasteiger partial charge is 0.220 e. The van der Waals surface area contributed by atoms with Crippen molar-refractivity contribution in [2.75, 3.05) is 6.54 Å². The molecule has 2 nitrogen and oxygen atoms in total. The predicted molar refractivity (Wildman–Crippen MR) is 67.3 cm³/mol. The first-order chi connectivity index (χ1) is 7.59. The Morgan fingerprint density at radius 3 is 2.62 bits per heavy atom. The Hall–Kier alpha value is -1.31. The molecule has 1 rings (SSSR count). The van der Waals surface area contributed by atoms with Crippen molar-refractivity contribution in [3.8, 4) is 0 Å². The van der Waals surface area contributed by atoms with Crippen molar-refractivity contribution in [1.82, 2.24) is 5.32 Å². The van der Waals surface area contributed by atoms with Crippen molar-refractivity contribution in [3.05, 3.63) is 35.4 Å². The molecular formula is C14H21NO. The second-order valence-electron chi connectivity index (χ2n) is 4.62. The number of carbonyl (C=O) groups is 1. The van der Waals surface area contributed by atoms with Gasteiger partial charge in [-0.25, -0.2) is 0 Å². The Balaban J connectivity index is 2.35. The lowest BCUT2D eigenvalue weighted by molar-refractivity contribution is -0.121. The van der Waals surface area contributed by atoms with Crippen LogP contribution in [0.1, 0.15) is 31.4 Å². The van der Waals surface area contributed by atoms with Crippen molar-refractivity contribution in [1.29, 1.82) is 0 Å². The van der Waals surface area contributed by atoms with Gasteiger partial charge in [-0.05, 0) is 30.4 Å². The maximum Gasteiger partial charge on any atom is 0.220 e. The van der Waals surface area contributed by atoms with Crippen molar-refractivity contribution in [3.63, 3.8) is 0 Å². The lowest BCUT2D eigenvalue weighted by atomic mass is 10.0. The molecule has 1 aromatic rings. The summed E-state index contributed by atoms with van der Waals surface area (Å²) in [7, 11) is 0. The highest BCUT2D eigenvalue weighted by Crippen LogP contribution is 2.09. The molecule has 0 aromatic heterocycles. The van der Waals surface area contributed by atoms with Gasteiger partial charge < -0.3 is 5.32 Å². The van der Waals surface area contributed by atoms with E-state index in [1.165, 1.54) is 11.1 Å². The van der Waals surface area contributed by atoms with Gasteiger partial charge in [0, 0.05) is 13.0 Å². The summed E-state index contributed by atoms with van der Waals surface area (Å²) in [6, 6.07) is 8.22. The van der Waals surface area contributed by atoms with Crippen LogP contribution in [0.4, 0.5) is 0 Å². The highest BCUT2D eigenvalue weighted by Gasteiger charge is 2.04. The van der Waals surface area contributed by atoms with Crippen LogP contribution in [-0.2, 0) is 11.2 Å². The molecule has 0 heterocycles. The minimum atomic E-state index is 0.150. The molecule has 0 atom stereocenters. The standard InChI is InChI=1S/C14H21NO/c1-11(2)10-15-14(16)9-8-13-7-5-4-6-12(13)3/h4-7,11H,8-10H2,1-3H3,(H,15,16). The quantitative estimate of drug-likeness (QED) is 0.810. The number of benzene rings is 1. The summed E-state index contributed by atoms with van der Waals surface area (Å²) in [6.07, 6.45) is 1.41. The van der Waals surface area contributed by atoms with Crippen molar-refractivity contribution in [2.24, 2.45) is 5.92 Å². The summed E-state index contributed by atoms with van der Waals surface area (Å²) < 4.78 is 0. The van der Waals surface area contributed by atoms with E-state index in [0.29, 0.717) is 12.3 Å². The van der Waals surface area contributed by atoms with Gasteiger partial charge in [-0.3, -0.25) is 4.79 Å². The minimum absolute atomic E-state index is 0.150. The Kier molecular flexibility index (Phi) is 5.03. The van der Waals surface area contributed by atoms with Crippen LogP contribution in [0.15, 0.2) is 24.3 Å². The summed E-state index contributed by atoms with van der Waals surface area (Å²) in [5, 5.41) is 2.93. The van der Waals surface area contributed by atoms with Crippen LogP contribution in [0.5, 0.6) is 0 Å². The Morgan fingerprint density at radius 1 is 1.31 bits per heavy atom. The van der Waals surface area contributed by atoms with Gasteiger partial charge in [0.15, 0.2) is 0 Å². The number of carbonyl (C=O) groups excluding carboxylic acids is 1. The van der Waals surface area contributed by atoms with E-state index >= 15 is 0 Å². The molecule has 0 aliphatic rings. The zero-order valence-electron chi connectivity index (χ0n) is 10.4. The SMILES string of the molecule is Cc1ccccc1CCC(=O)NCC(C)C. The predicted octanol–water partition coefficient (Wildman–Crippen LogP) is 2.70. The van der Waals surface area contributed by atoms with Gasteiger partial charge in [-0.2, -0.15) is 0 Å². The maximum absolute atomic E-state index is 11.5. The number of amides is 1. The molecule has 16 heavy (non-hydrogen) atoms. The van der Waals surface area contributed by atoms with E-state index in [1.807, 2.05) is 12.1 Å². The number of nitrogens with one attached hydrogen (secondary N) is 1. The van der Waals surface area contributed by atoms with Crippen LogP contribution in [0, 0.1) is 12.8 Å². The monoisotopic (exact) mass is 219 g/mol. The van der Waals surface area contributed by atoms with Crippen molar-refractivity contribution >= 4 is 5.91 Å². The molecule has 0 aliphatic heterocycles. The molecule has 0 spiro atoms. The van der Waals surface area contributed by atoms with Crippen LogP contribution in [0.3, 0.4) is 0 Å². The first kappa shape index (κ1) is 12.8. The maximum atomic E-state index is 11.5. The Bertz CT molecular complexity index is 344. The van der Waals surface area contributed by atoms with Crippen molar-refractivity contribution < 1.29 is 4.79 Å². The molecule has 0 bridgehead atoms. The van der Waals surface area contributed by atoms with Gasteiger partial charge in [0.05, 0.1) is 0 Å². The van der Waals surface area contributed by atoms with Crippen molar-refractivity contribution in [2.45, 2.75) is 33.6 Å². The molecule has 0 saturated carbocycles. The summed E-state index contributed by atoms with van der Waals surface area (Å²) in [6.45, 7) is 7.05.